The van der Waals surface area contributed by atoms with Gasteiger partial charge in [-0.25, -0.2) is 0 Å². The predicted molar refractivity (Wildman–Crippen MR) is 80.9 cm³/mol. The molecule has 1 aromatic rings. The standard InChI is InChI=1S/C16H24N2O2/c1-12(2)10-17-15-8-4-3-7-14(15)16(20)18-9-5-6-13(18)11-19/h3-4,7-8,12-13,17,19H,5-6,9-11H2,1-2H3. The molecule has 4 heteroatoms. The molecule has 0 spiro atoms. The lowest BCUT2D eigenvalue weighted by Crippen LogP contribution is -2.38. The highest BCUT2D eigenvalue weighted by Crippen LogP contribution is 2.23. The minimum absolute atomic E-state index is 0.0217. The van der Waals surface area contributed by atoms with E-state index in [1.807, 2.05) is 24.3 Å². The van der Waals surface area contributed by atoms with Crippen LogP contribution in [0.3, 0.4) is 0 Å². The molecule has 20 heavy (non-hydrogen) atoms. The van der Waals surface area contributed by atoms with Crippen LogP contribution in [0.1, 0.15) is 37.0 Å². The first-order chi connectivity index (χ1) is 9.63. The van der Waals surface area contributed by atoms with Gasteiger partial charge in [0.15, 0.2) is 0 Å². The molecule has 0 aromatic heterocycles. The molecule has 2 rings (SSSR count). The maximum Gasteiger partial charge on any atom is 0.256 e. The molecule has 0 bridgehead atoms. The summed E-state index contributed by atoms with van der Waals surface area (Å²) in [5.41, 5.74) is 1.59. The Morgan fingerprint density at radius 2 is 2.20 bits per heavy atom. The van der Waals surface area contributed by atoms with Crippen molar-refractivity contribution in [3.8, 4) is 0 Å². The monoisotopic (exact) mass is 276 g/mol. The fourth-order valence-corrected chi connectivity index (χ4v) is 2.59. The number of aliphatic hydroxyl groups excluding tert-OH is 1. The van der Waals surface area contributed by atoms with E-state index in [4.69, 9.17) is 0 Å². The van der Waals surface area contributed by atoms with Crippen LogP contribution in [0, 0.1) is 5.92 Å². The number of hydrogen-bond acceptors (Lipinski definition) is 3. The molecule has 1 amide bonds. The molecule has 1 aliphatic heterocycles. The number of benzene rings is 1. The van der Waals surface area contributed by atoms with Crippen LogP contribution in [0.25, 0.3) is 0 Å². The number of para-hydroxylation sites is 1. The van der Waals surface area contributed by atoms with Gasteiger partial charge < -0.3 is 15.3 Å². The van der Waals surface area contributed by atoms with Crippen LogP contribution in [0.4, 0.5) is 5.69 Å². The highest BCUT2D eigenvalue weighted by molar-refractivity contribution is 5.99. The van der Waals surface area contributed by atoms with Gasteiger partial charge in [0.05, 0.1) is 18.2 Å². The number of nitrogens with zero attached hydrogens (tertiary/aromatic N) is 1. The lowest BCUT2D eigenvalue weighted by Gasteiger charge is -2.24. The quantitative estimate of drug-likeness (QED) is 0.868. The fourth-order valence-electron chi connectivity index (χ4n) is 2.59. The largest absolute Gasteiger partial charge is 0.394 e. The summed E-state index contributed by atoms with van der Waals surface area (Å²) in [7, 11) is 0. The Morgan fingerprint density at radius 1 is 1.45 bits per heavy atom. The maximum absolute atomic E-state index is 12.7. The molecule has 4 nitrogen and oxygen atoms in total. The Bertz CT molecular complexity index is 460. The van der Waals surface area contributed by atoms with Gasteiger partial charge in [-0.3, -0.25) is 4.79 Å². The third-order valence-electron chi connectivity index (χ3n) is 3.71. The van der Waals surface area contributed by atoms with Gasteiger partial charge in [-0.2, -0.15) is 0 Å². The second-order valence-electron chi connectivity index (χ2n) is 5.80. The molecule has 1 unspecified atom stereocenters. The summed E-state index contributed by atoms with van der Waals surface area (Å²) in [6.45, 7) is 5.91. The van der Waals surface area contributed by atoms with Crippen LogP contribution in [-0.4, -0.2) is 41.7 Å². The van der Waals surface area contributed by atoms with Crippen LogP contribution >= 0.6 is 0 Å². The number of hydrogen-bond donors (Lipinski definition) is 2. The van der Waals surface area contributed by atoms with E-state index in [0.29, 0.717) is 11.5 Å². The molecule has 0 saturated carbocycles. The zero-order chi connectivity index (χ0) is 14.5. The minimum atomic E-state index is -0.0272. The second kappa shape index (κ2) is 6.75. The third-order valence-corrected chi connectivity index (χ3v) is 3.71. The van der Waals surface area contributed by atoms with Crippen LogP contribution in [-0.2, 0) is 0 Å². The molecule has 0 radical (unpaired) electrons. The van der Waals surface area contributed by atoms with Crippen molar-refractivity contribution in [2.75, 3.05) is 25.0 Å². The van der Waals surface area contributed by atoms with Crippen LogP contribution < -0.4 is 5.32 Å². The molecule has 1 heterocycles. The number of carbonyl (C=O) groups is 1. The van der Waals surface area contributed by atoms with Gasteiger partial charge in [-0.1, -0.05) is 26.0 Å². The normalized spacial score (nSPS) is 18.6. The van der Waals surface area contributed by atoms with Crippen molar-refractivity contribution in [3.63, 3.8) is 0 Å². The number of carbonyl (C=O) groups excluding carboxylic acids is 1. The minimum Gasteiger partial charge on any atom is -0.394 e. The van der Waals surface area contributed by atoms with Crippen LogP contribution in [0.2, 0.25) is 0 Å². The topological polar surface area (TPSA) is 52.6 Å². The Morgan fingerprint density at radius 3 is 2.90 bits per heavy atom. The van der Waals surface area contributed by atoms with E-state index in [1.54, 1.807) is 4.90 Å². The summed E-state index contributed by atoms with van der Waals surface area (Å²) in [4.78, 5) is 14.5. The van der Waals surface area contributed by atoms with Crippen molar-refractivity contribution in [2.24, 2.45) is 5.92 Å². The average Bonchev–Trinajstić information content (AvgIpc) is 2.93. The second-order valence-corrected chi connectivity index (χ2v) is 5.80. The SMILES string of the molecule is CC(C)CNc1ccccc1C(=O)N1CCCC1CO. The van der Waals surface area contributed by atoms with Crippen molar-refractivity contribution in [2.45, 2.75) is 32.7 Å². The highest BCUT2D eigenvalue weighted by atomic mass is 16.3. The lowest BCUT2D eigenvalue weighted by atomic mass is 10.1. The van der Waals surface area contributed by atoms with E-state index >= 15 is 0 Å². The van der Waals surface area contributed by atoms with E-state index in [2.05, 4.69) is 19.2 Å². The van der Waals surface area contributed by atoms with Crippen molar-refractivity contribution < 1.29 is 9.90 Å². The summed E-state index contributed by atoms with van der Waals surface area (Å²) in [5, 5.41) is 12.7. The van der Waals surface area contributed by atoms with E-state index in [0.717, 1.165) is 31.6 Å². The van der Waals surface area contributed by atoms with Crippen LogP contribution in [0.15, 0.2) is 24.3 Å². The third kappa shape index (κ3) is 3.31. The molecule has 1 atom stereocenters. The molecular formula is C16H24N2O2. The Kier molecular flexibility index (Phi) is 5.01. The van der Waals surface area contributed by atoms with Gasteiger partial charge in [0.25, 0.3) is 5.91 Å². The smallest absolute Gasteiger partial charge is 0.256 e. The Balaban J connectivity index is 2.16. The fraction of sp³-hybridized carbons (Fsp3) is 0.562. The zero-order valence-corrected chi connectivity index (χ0v) is 12.3. The van der Waals surface area contributed by atoms with Crippen molar-refractivity contribution in [1.29, 1.82) is 0 Å². The summed E-state index contributed by atoms with van der Waals surface area (Å²) in [5.74, 6) is 0.545. The molecule has 1 aromatic carbocycles. The van der Waals surface area contributed by atoms with Crippen molar-refractivity contribution >= 4 is 11.6 Å². The van der Waals surface area contributed by atoms with Gasteiger partial charge >= 0.3 is 0 Å². The highest BCUT2D eigenvalue weighted by Gasteiger charge is 2.29. The van der Waals surface area contributed by atoms with E-state index in [-0.39, 0.29) is 18.6 Å². The first-order valence-electron chi connectivity index (χ1n) is 7.38. The summed E-state index contributed by atoms with van der Waals surface area (Å²) in [6, 6.07) is 7.60. The number of likely N-dealkylation sites (tertiary alicyclic amines) is 1. The predicted octanol–water partition coefficient (Wildman–Crippen LogP) is 2.35. The number of rotatable bonds is 5. The van der Waals surface area contributed by atoms with Crippen molar-refractivity contribution in [1.82, 2.24) is 4.90 Å². The first kappa shape index (κ1) is 14.9. The number of amides is 1. The Labute approximate surface area is 120 Å². The summed E-state index contributed by atoms with van der Waals surface area (Å²) >= 11 is 0. The van der Waals surface area contributed by atoms with E-state index < -0.39 is 0 Å². The van der Waals surface area contributed by atoms with Gasteiger partial charge in [0.1, 0.15) is 0 Å². The van der Waals surface area contributed by atoms with Gasteiger partial charge in [-0.05, 0) is 30.9 Å². The Hall–Kier alpha value is -1.55. The van der Waals surface area contributed by atoms with Gasteiger partial charge in [-0.15, -0.1) is 0 Å². The molecule has 2 N–H and O–H groups in total. The summed E-state index contributed by atoms with van der Waals surface area (Å²) in [6.07, 6.45) is 1.86. The molecule has 110 valence electrons. The van der Waals surface area contributed by atoms with Gasteiger partial charge in [0, 0.05) is 18.8 Å². The van der Waals surface area contributed by atoms with E-state index in [1.165, 1.54) is 0 Å². The maximum atomic E-state index is 12.7. The number of nitrogens with one attached hydrogen (secondary N) is 1. The average molecular weight is 276 g/mol. The molecule has 1 saturated heterocycles. The number of anilines is 1. The van der Waals surface area contributed by atoms with Crippen LogP contribution in [0.5, 0.6) is 0 Å². The lowest BCUT2D eigenvalue weighted by molar-refractivity contribution is 0.0678. The molecule has 0 aliphatic carbocycles. The van der Waals surface area contributed by atoms with Gasteiger partial charge in [0.2, 0.25) is 0 Å². The molecule has 1 fully saturated rings. The summed E-state index contributed by atoms with van der Waals surface area (Å²) < 4.78 is 0. The molecule has 1 aliphatic rings. The first-order valence-corrected chi connectivity index (χ1v) is 7.38. The molecular weight excluding hydrogens is 252 g/mol. The van der Waals surface area contributed by atoms with E-state index in [9.17, 15) is 9.90 Å². The van der Waals surface area contributed by atoms with Crippen molar-refractivity contribution in [3.05, 3.63) is 29.8 Å². The number of aliphatic hydroxyl groups is 1. The zero-order valence-electron chi connectivity index (χ0n) is 12.3.